The molecule has 0 aliphatic heterocycles. The Labute approximate surface area is 147 Å². The predicted molar refractivity (Wildman–Crippen MR) is 99.9 cm³/mol. The molecule has 0 amide bonds. The molecule has 0 aliphatic carbocycles. The van der Waals surface area contributed by atoms with Gasteiger partial charge in [0.1, 0.15) is 0 Å². The molecule has 6 nitrogen and oxygen atoms in total. The van der Waals surface area contributed by atoms with Crippen LogP contribution in [-0.4, -0.2) is 20.9 Å². The summed E-state index contributed by atoms with van der Waals surface area (Å²) >= 11 is 10.6. The van der Waals surface area contributed by atoms with Crippen LogP contribution in [0.15, 0.2) is 58.4 Å². The van der Waals surface area contributed by atoms with Gasteiger partial charge in [0, 0.05) is 5.02 Å². The van der Waals surface area contributed by atoms with Crippen LogP contribution in [0.5, 0.6) is 0 Å². The second-order valence-corrected chi connectivity index (χ2v) is 5.71. The summed E-state index contributed by atoms with van der Waals surface area (Å²) in [5, 5.41) is 5.01. The Balaban J connectivity index is 2.25. The highest BCUT2D eigenvalue weighted by molar-refractivity contribution is 7.80. The van der Waals surface area contributed by atoms with Gasteiger partial charge in [0.15, 0.2) is 10.9 Å². The third-order valence-electron chi connectivity index (χ3n) is 3.24. The van der Waals surface area contributed by atoms with Crippen LogP contribution in [0.2, 0.25) is 5.02 Å². The highest BCUT2D eigenvalue weighted by Gasteiger charge is 2.11. The first-order chi connectivity index (χ1) is 11.6. The first-order valence-corrected chi connectivity index (χ1v) is 7.71. The van der Waals surface area contributed by atoms with Crippen LogP contribution in [0.3, 0.4) is 0 Å². The Morgan fingerprint density at radius 1 is 1.25 bits per heavy atom. The van der Waals surface area contributed by atoms with E-state index in [1.807, 2.05) is 6.07 Å². The maximum Gasteiger partial charge on any atom is 0.266 e. The van der Waals surface area contributed by atoms with E-state index in [0.717, 1.165) is 0 Å². The second kappa shape index (κ2) is 6.77. The fraction of sp³-hybridized carbons (Fsp3) is 0. The largest absolute Gasteiger partial charge is 0.375 e. The number of benzene rings is 2. The number of hydrogen-bond donors (Lipinski definition) is 2. The molecule has 3 rings (SSSR count). The fourth-order valence-corrected chi connectivity index (χ4v) is 2.41. The van der Waals surface area contributed by atoms with Gasteiger partial charge in [0.25, 0.3) is 5.56 Å². The predicted octanol–water partition coefficient (Wildman–Crippen LogP) is 2.21. The fourth-order valence-electron chi connectivity index (χ4n) is 2.23. The third kappa shape index (κ3) is 3.27. The van der Waals surface area contributed by atoms with E-state index in [2.05, 4.69) is 15.5 Å². The van der Waals surface area contributed by atoms with Crippen LogP contribution in [-0.2, 0) is 0 Å². The van der Waals surface area contributed by atoms with Crippen LogP contribution >= 0.6 is 23.8 Å². The van der Waals surface area contributed by atoms with Crippen molar-refractivity contribution in [3.63, 3.8) is 0 Å². The Morgan fingerprint density at radius 2 is 1.96 bits per heavy atom. The molecule has 0 saturated carbocycles. The SMILES string of the molecule is NC(=S)N/N=C/c1nc2ccccc2c(=O)n1-c1ccc(Cl)cc1. The van der Waals surface area contributed by atoms with E-state index in [1.165, 1.54) is 10.8 Å². The normalized spacial score (nSPS) is 11.0. The minimum atomic E-state index is -0.209. The minimum Gasteiger partial charge on any atom is -0.375 e. The molecule has 1 aromatic heterocycles. The van der Waals surface area contributed by atoms with E-state index in [4.69, 9.17) is 29.6 Å². The molecule has 2 aromatic carbocycles. The molecule has 0 unspecified atom stereocenters. The van der Waals surface area contributed by atoms with Crippen molar-refractivity contribution in [2.45, 2.75) is 0 Å². The van der Waals surface area contributed by atoms with Gasteiger partial charge in [-0.05, 0) is 48.6 Å². The van der Waals surface area contributed by atoms with Gasteiger partial charge in [-0.1, -0.05) is 23.7 Å². The number of hydrogen-bond acceptors (Lipinski definition) is 4. The highest BCUT2D eigenvalue weighted by atomic mass is 35.5. The second-order valence-electron chi connectivity index (χ2n) is 4.84. The number of thiocarbonyl (C=S) groups is 1. The van der Waals surface area contributed by atoms with Crippen LogP contribution in [0.25, 0.3) is 16.6 Å². The van der Waals surface area contributed by atoms with Gasteiger partial charge in [0.2, 0.25) is 0 Å². The third-order valence-corrected chi connectivity index (χ3v) is 3.58. The van der Waals surface area contributed by atoms with E-state index in [1.54, 1.807) is 42.5 Å². The van der Waals surface area contributed by atoms with Gasteiger partial charge in [0.05, 0.1) is 22.8 Å². The van der Waals surface area contributed by atoms with Crippen LogP contribution in [0.4, 0.5) is 0 Å². The van der Waals surface area contributed by atoms with Crippen molar-refractivity contribution in [3.05, 3.63) is 69.7 Å². The zero-order chi connectivity index (χ0) is 17.1. The summed E-state index contributed by atoms with van der Waals surface area (Å²) in [6, 6.07) is 14.0. The lowest BCUT2D eigenvalue weighted by atomic mass is 10.2. The number of aromatic nitrogens is 2. The van der Waals surface area contributed by atoms with Crippen molar-refractivity contribution >= 4 is 46.0 Å². The smallest absolute Gasteiger partial charge is 0.266 e. The first kappa shape index (κ1) is 16.1. The highest BCUT2D eigenvalue weighted by Crippen LogP contribution is 2.15. The lowest BCUT2D eigenvalue weighted by Gasteiger charge is -2.11. The lowest BCUT2D eigenvalue weighted by molar-refractivity contribution is 0.939. The van der Waals surface area contributed by atoms with Crippen molar-refractivity contribution in [3.8, 4) is 5.69 Å². The molecule has 0 atom stereocenters. The first-order valence-electron chi connectivity index (χ1n) is 6.92. The molecule has 0 aliphatic rings. The molecule has 120 valence electrons. The van der Waals surface area contributed by atoms with Crippen molar-refractivity contribution in [2.24, 2.45) is 10.8 Å². The molecule has 0 spiro atoms. The molecule has 24 heavy (non-hydrogen) atoms. The standard InChI is InChI=1S/C16H12ClN5OS/c17-10-5-7-11(8-6-10)22-14(9-19-21-16(18)24)20-13-4-2-1-3-12(13)15(22)23/h1-9H,(H3,18,21,24)/b19-9+. The number of nitrogens with zero attached hydrogens (tertiary/aromatic N) is 3. The summed E-state index contributed by atoms with van der Waals surface area (Å²) in [5.74, 6) is 0.338. The summed E-state index contributed by atoms with van der Waals surface area (Å²) in [6.07, 6.45) is 1.39. The molecule has 3 N–H and O–H groups in total. The average Bonchev–Trinajstić information content (AvgIpc) is 2.56. The summed E-state index contributed by atoms with van der Waals surface area (Å²) in [6.45, 7) is 0. The van der Waals surface area contributed by atoms with E-state index >= 15 is 0 Å². The van der Waals surface area contributed by atoms with Crippen molar-refractivity contribution in [2.75, 3.05) is 0 Å². The maximum absolute atomic E-state index is 12.9. The number of hydrazone groups is 1. The quantitative estimate of drug-likeness (QED) is 0.426. The Bertz CT molecular complexity index is 998. The van der Waals surface area contributed by atoms with E-state index < -0.39 is 0 Å². The molecule has 0 radical (unpaired) electrons. The number of para-hydroxylation sites is 1. The molecule has 3 aromatic rings. The number of fused-ring (bicyclic) bond motifs is 1. The van der Waals surface area contributed by atoms with Crippen LogP contribution in [0, 0.1) is 0 Å². The Morgan fingerprint density at radius 3 is 2.67 bits per heavy atom. The number of rotatable bonds is 3. The number of nitrogens with two attached hydrogens (primary N) is 1. The van der Waals surface area contributed by atoms with Crippen LogP contribution < -0.4 is 16.7 Å². The van der Waals surface area contributed by atoms with Gasteiger partial charge in [-0.25, -0.2) is 4.98 Å². The van der Waals surface area contributed by atoms with Crippen molar-refractivity contribution < 1.29 is 0 Å². The van der Waals surface area contributed by atoms with Gasteiger partial charge >= 0.3 is 0 Å². The minimum absolute atomic E-state index is 0.0208. The number of nitrogens with one attached hydrogen (secondary N) is 1. The molecular formula is C16H12ClN5OS. The lowest BCUT2D eigenvalue weighted by Crippen LogP contribution is -2.26. The van der Waals surface area contributed by atoms with E-state index in [0.29, 0.717) is 27.4 Å². The summed E-state index contributed by atoms with van der Waals surface area (Å²) in [7, 11) is 0. The van der Waals surface area contributed by atoms with Gasteiger partial charge in [-0.3, -0.25) is 14.8 Å². The summed E-state index contributed by atoms with van der Waals surface area (Å²) in [5.41, 5.74) is 8.79. The molecule has 0 fully saturated rings. The summed E-state index contributed by atoms with van der Waals surface area (Å²) < 4.78 is 1.45. The van der Waals surface area contributed by atoms with Gasteiger partial charge in [-0.2, -0.15) is 5.10 Å². The molecule has 8 heteroatoms. The zero-order valence-corrected chi connectivity index (χ0v) is 13.9. The van der Waals surface area contributed by atoms with Gasteiger partial charge in [-0.15, -0.1) is 0 Å². The molecular weight excluding hydrogens is 346 g/mol. The van der Waals surface area contributed by atoms with Crippen molar-refractivity contribution in [1.82, 2.24) is 15.0 Å². The maximum atomic E-state index is 12.9. The Kier molecular flexibility index (Phi) is 4.54. The Hall–Kier alpha value is -2.77. The monoisotopic (exact) mass is 357 g/mol. The number of halogens is 1. The molecule has 1 heterocycles. The zero-order valence-electron chi connectivity index (χ0n) is 12.3. The molecule has 0 saturated heterocycles. The topological polar surface area (TPSA) is 85.3 Å². The van der Waals surface area contributed by atoms with Crippen molar-refractivity contribution in [1.29, 1.82) is 0 Å². The summed E-state index contributed by atoms with van der Waals surface area (Å²) in [4.78, 5) is 17.4. The van der Waals surface area contributed by atoms with Gasteiger partial charge < -0.3 is 5.73 Å². The molecule has 0 bridgehead atoms. The van der Waals surface area contributed by atoms with E-state index in [9.17, 15) is 4.79 Å². The van der Waals surface area contributed by atoms with E-state index in [-0.39, 0.29) is 10.7 Å². The average molecular weight is 358 g/mol. The van der Waals surface area contributed by atoms with Crippen LogP contribution in [0.1, 0.15) is 5.82 Å².